The minimum Gasteiger partial charge on any atom is -0.381 e. The standard InChI is InChI=1S/C16H15N3/c1-2-4-15(5-3-1)18-12-14-6-8-16(9-7-14)19-11-10-17-13-19/h1-11,13,18H,12H2. The number of para-hydroxylation sites is 1. The highest BCUT2D eigenvalue weighted by Gasteiger charge is 1.97. The van der Waals surface area contributed by atoms with Gasteiger partial charge in [0.05, 0.1) is 6.33 Å². The van der Waals surface area contributed by atoms with Crippen molar-refractivity contribution in [2.75, 3.05) is 5.32 Å². The zero-order chi connectivity index (χ0) is 12.9. The fourth-order valence-corrected chi connectivity index (χ4v) is 1.96. The quantitative estimate of drug-likeness (QED) is 0.767. The van der Waals surface area contributed by atoms with Crippen LogP contribution in [0.25, 0.3) is 5.69 Å². The lowest BCUT2D eigenvalue weighted by Gasteiger charge is -2.07. The van der Waals surface area contributed by atoms with Crippen LogP contribution in [0.1, 0.15) is 5.56 Å². The highest BCUT2D eigenvalue weighted by molar-refractivity contribution is 5.43. The van der Waals surface area contributed by atoms with Gasteiger partial charge in [-0.15, -0.1) is 0 Å². The van der Waals surface area contributed by atoms with E-state index in [1.807, 2.05) is 29.0 Å². The van der Waals surface area contributed by atoms with Crippen molar-refractivity contribution in [1.29, 1.82) is 0 Å². The number of hydrogen-bond donors (Lipinski definition) is 1. The third kappa shape index (κ3) is 2.83. The minimum absolute atomic E-state index is 0.828. The Kier molecular flexibility index (Phi) is 3.28. The van der Waals surface area contributed by atoms with Crippen LogP contribution in [0, 0.1) is 0 Å². The Morgan fingerprint density at radius 1 is 0.947 bits per heavy atom. The summed E-state index contributed by atoms with van der Waals surface area (Å²) >= 11 is 0. The maximum atomic E-state index is 4.05. The third-order valence-electron chi connectivity index (χ3n) is 3.01. The van der Waals surface area contributed by atoms with E-state index < -0.39 is 0 Å². The zero-order valence-electron chi connectivity index (χ0n) is 10.5. The third-order valence-corrected chi connectivity index (χ3v) is 3.01. The molecule has 1 heterocycles. The van der Waals surface area contributed by atoms with Crippen molar-refractivity contribution < 1.29 is 0 Å². The lowest BCUT2D eigenvalue weighted by Crippen LogP contribution is -1.99. The van der Waals surface area contributed by atoms with Crippen LogP contribution in [-0.2, 0) is 6.54 Å². The van der Waals surface area contributed by atoms with Crippen LogP contribution in [0.3, 0.4) is 0 Å². The van der Waals surface area contributed by atoms with E-state index >= 15 is 0 Å². The average Bonchev–Trinajstić information content (AvgIpc) is 3.01. The van der Waals surface area contributed by atoms with E-state index in [4.69, 9.17) is 0 Å². The van der Waals surface area contributed by atoms with E-state index in [1.165, 1.54) is 5.56 Å². The first kappa shape index (κ1) is 11.5. The minimum atomic E-state index is 0.828. The molecule has 94 valence electrons. The van der Waals surface area contributed by atoms with Crippen LogP contribution >= 0.6 is 0 Å². The van der Waals surface area contributed by atoms with Crippen LogP contribution in [0.5, 0.6) is 0 Å². The highest BCUT2D eigenvalue weighted by Crippen LogP contribution is 2.11. The van der Waals surface area contributed by atoms with Gasteiger partial charge in [0, 0.05) is 30.3 Å². The topological polar surface area (TPSA) is 29.9 Å². The van der Waals surface area contributed by atoms with E-state index in [0.717, 1.165) is 17.9 Å². The molecule has 0 aliphatic heterocycles. The molecule has 3 rings (SSSR count). The number of anilines is 1. The van der Waals surface area contributed by atoms with Crippen LogP contribution in [0.2, 0.25) is 0 Å². The molecule has 0 aliphatic rings. The summed E-state index contributed by atoms with van der Waals surface area (Å²) in [5.74, 6) is 0. The summed E-state index contributed by atoms with van der Waals surface area (Å²) in [5, 5.41) is 3.40. The molecule has 0 fully saturated rings. The summed E-state index contributed by atoms with van der Waals surface area (Å²) in [4.78, 5) is 4.05. The molecule has 0 atom stereocenters. The summed E-state index contributed by atoms with van der Waals surface area (Å²) in [6.07, 6.45) is 5.53. The molecule has 3 nitrogen and oxygen atoms in total. The molecular weight excluding hydrogens is 234 g/mol. The summed E-state index contributed by atoms with van der Waals surface area (Å²) in [6.45, 7) is 0.828. The smallest absolute Gasteiger partial charge is 0.0991 e. The van der Waals surface area contributed by atoms with Gasteiger partial charge in [-0.2, -0.15) is 0 Å². The highest BCUT2D eigenvalue weighted by atomic mass is 15.0. The van der Waals surface area contributed by atoms with Crippen LogP contribution in [0.4, 0.5) is 5.69 Å². The fraction of sp³-hybridized carbons (Fsp3) is 0.0625. The monoisotopic (exact) mass is 249 g/mol. The first-order valence-electron chi connectivity index (χ1n) is 6.28. The predicted octanol–water partition coefficient (Wildman–Crippen LogP) is 3.48. The molecular formula is C16H15N3. The van der Waals surface area contributed by atoms with Gasteiger partial charge in [0.2, 0.25) is 0 Å². The first-order chi connectivity index (χ1) is 9.42. The van der Waals surface area contributed by atoms with Gasteiger partial charge in [-0.3, -0.25) is 0 Å². The number of nitrogens with one attached hydrogen (secondary N) is 1. The SMILES string of the molecule is c1ccc(NCc2ccc(-n3ccnc3)cc2)cc1. The van der Waals surface area contributed by atoms with Crippen molar-refractivity contribution in [2.45, 2.75) is 6.54 Å². The molecule has 3 aromatic rings. The molecule has 19 heavy (non-hydrogen) atoms. The molecule has 0 saturated heterocycles. The Hall–Kier alpha value is -2.55. The van der Waals surface area contributed by atoms with Crippen molar-refractivity contribution in [2.24, 2.45) is 0 Å². The van der Waals surface area contributed by atoms with Gasteiger partial charge in [0.25, 0.3) is 0 Å². The van der Waals surface area contributed by atoms with E-state index in [1.54, 1.807) is 12.5 Å². The second-order valence-corrected chi connectivity index (χ2v) is 4.36. The molecule has 0 amide bonds. The van der Waals surface area contributed by atoms with Crippen LogP contribution in [-0.4, -0.2) is 9.55 Å². The Labute approximate surface area is 112 Å². The van der Waals surface area contributed by atoms with E-state index in [-0.39, 0.29) is 0 Å². The number of aromatic nitrogens is 2. The van der Waals surface area contributed by atoms with Crippen LogP contribution in [0.15, 0.2) is 73.3 Å². The predicted molar refractivity (Wildman–Crippen MR) is 77.3 cm³/mol. The number of nitrogens with zero attached hydrogens (tertiary/aromatic N) is 2. The Morgan fingerprint density at radius 2 is 1.74 bits per heavy atom. The van der Waals surface area contributed by atoms with Gasteiger partial charge < -0.3 is 9.88 Å². The van der Waals surface area contributed by atoms with Gasteiger partial charge in [-0.25, -0.2) is 4.98 Å². The van der Waals surface area contributed by atoms with Gasteiger partial charge in [0.15, 0.2) is 0 Å². The molecule has 0 bridgehead atoms. The lowest BCUT2D eigenvalue weighted by molar-refractivity contribution is 1.05. The summed E-state index contributed by atoms with van der Waals surface area (Å²) in [6, 6.07) is 18.7. The molecule has 0 radical (unpaired) electrons. The normalized spacial score (nSPS) is 10.3. The molecule has 0 spiro atoms. The van der Waals surface area contributed by atoms with Crippen molar-refractivity contribution in [3.05, 3.63) is 78.9 Å². The maximum absolute atomic E-state index is 4.05. The van der Waals surface area contributed by atoms with Crippen molar-refractivity contribution in [1.82, 2.24) is 9.55 Å². The van der Waals surface area contributed by atoms with Crippen molar-refractivity contribution in [3.63, 3.8) is 0 Å². The average molecular weight is 249 g/mol. The first-order valence-corrected chi connectivity index (χ1v) is 6.28. The molecule has 2 aromatic carbocycles. The van der Waals surface area contributed by atoms with Gasteiger partial charge >= 0.3 is 0 Å². The molecule has 0 unspecified atom stereocenters. The largest absolute Gasteiger partial charge is 0.381 e. The summed E-state index contributed by atoms with van der Waals surface area (Å²) in [7, 11) is 0. The van der Waals surface area contributed by atoms with Crippen LogP contribution < -0.4 is 5.32 Å². The van der Waals surface area contributed by atoms with E-state index in [2.05, 4.69) is 46.7 Å². The number of imidazole rings is 1. The summed E-state index contributed by atoms with van der Waals surface area (Å²) < 4.78 is 1.99. The Balaban J connectivity index is 1.67. The molecule has 0 aliphatic carbocycles. The molecule has 1 N–H and O–H groups in total. The maximum Gasteiger partial charge on any atom is 0.0991 e. The molecule has 1 aromatic heterocycles. The molecule has 0 saturated carbocycles. The van der Waals surface area contributed by atoms with E-state index in [9.17, 15) is 0 Å². The fourth-order valence-electron chi connectivity index (χ4n) is 1.96. The molecule has 3 heteroatoms. The second-order valence-electron chi connectivity index (χ2n) is 4.36. The number of hydrogen-bond acceptors (Lipinski definition) is 2. The lowest BCUT2D eigenvalue weighted by atomic mass is 10.2. The number of benzene rings is 2. The second kappa shape index (κ2) is 5.40. The zero-order valence-corrected chi connectivity index (χ0v) is 10.5. The van der Waals surface area contributed by atoms with Gasteiger partial charge in [0.1, 0.15) is 0 Å². The van der Waals surface area contributed by atoms with Gasteiger partial charge in [-0.1, -0.05) is 30.3 Å². The number of rotatable bonds is 4. The Morgan fingerprint density at radius 3 is 2.42 bits per heavy atom. The van der Waals surface area contributed by atoms with E-state index in [0.29, 0.717) is 0 Å². The summed E-state index contributed by atoms with van der Waals surface area (Å²) in [5.41, 5.74) is 3.52. The van der Waals surface area contributed by atoms with Crippen molar-refractivity contribution in [3.8, 4) is 5.69 Å². The van der Waals surface area contributed by atoms with Crippen molar-refractivity contribution >= 4 is 5.69 Å². The Bertz CT molecular complexity index is 613. The van der Waals surface area contributed by atoms with Gasteiger partial charge in [-0.05, 0) is 29.8 Å².